The van der Waals surface area contributed by atoms with Gasteiger partial charge < -0.3 is 9.84 Å². The molecule has 6 nitrogen and oxygen atoms in total. The monoisotopic (exact) mass is 623 g/mol. The first-order chi connectivity index (χ1) is 21.3. The van der Waals surface area contributed by atoms with Crippen molar-refractivity contribution in [2.24, 2.45) is 0 Å². The van der Waals surface area contributed by atoms with E-state index in [0.29, 0.717) is 21.8 Å². The van der Waals surface area contributed by atoms with Gasteiger partial charge in [0.25, 0.3) is 5.91 Å². The lowest BCUT2D eigenvalue weighted by Crippen LogP contribution is -2.45. The second-order valence-electron chi connectivity index (χ2n) is 9.86. The highest BCUT2D eigenvalue weighted by molar-refractivity contribution is 8.26. The zero-order chi connectivity index (χ0) is 31.1. The molecular weight excluding hydrogens is 598 g/mol. The van der Waals surface area contributed by atoms with Crippen LogP contribution in [0.2, 0.25) is 0 Å². The Morgan fingerprint density at radius 2 is 1.57 bits per heavy atom. The van der Waals surface area contributed by atoms with Crippen LogP contribution in [0, 0.1) is 5.82 Å². The Labute approximate surface area is 263 Å². The van der Waals surface area contributed by atoms with E-state index in [1.165, 1.54) is 17.0 Å². The lowest BCUT2D eigenvalue weighted by Gasteiger charge is -2.23. The van der Waals surface area contributed by atoms with E-state index in [9.17, 15) is 23.9 Å². The number of carbonyl (C=O) groups excluding carboxylic acids is 2. The minimum Gasteiger partial charge on any atom is -0.489 e. The van der Waals surface area contributed by atoms with Crippen LogP contribution >= 0.6 is 24.0 Å². The molecule has 1 fully saturated rings. The molecule has 1 aliphatic heterocycles. The summed E-state index contributed by atoms with van der Waals surface area (Å²) in [5.74, 6) is -1.57. The molecule has 1 heterocycles. The number of halogens is 1. The van der Waals surface area contributed by atoms with E-state index < -0.39 is 17.9 Å². The minimum atomic E-state index is -1.12. The lowest BCUT2D eigenvalue weighted by atomic mass is 10.0. The molecule has 44 heavy (non-hydrogen) atoms. The lowest BCUT2D eigenvalue weighted by molar-refractivity contribution is -0.145. The van der Waals surface area contributed by atoms with Crippen molar-refractivity contribution >= 4 is 58.1 Å². The van der Waals surface area contributed by atoms with E-state index in [4.69, 9.17) is 17.0 Å². The summed E-state index contributed by atoms with van der Waals surface area (Å²) in [5.41, 5.74) is 3.23. The maximum absolute atomic E-state index is 13.8. The molecule has 220 valence electrons. The average molecular weight is 624 g/mol. The van der Waals surface area contributed by atoms with Gasteiger partial charge in [-0.15, -0.1) is 0 Å². The Kier molecular flexibility index (Phi) is 9.79. The maximum Gasteiger partial charge on any atom is 0.327 e. The molecule has 0 bridgehead atoms. The third-order valence-electron chi connectivity index (χ3n) is 6.84. The highest BCUT2D eigenvalue weighted by atomic mass is 32.2. The largest absolute Gasteiger partial charge is 0.489 e. The number of allylic oxidation sites excluding steroid dienone is 1. The first-order valence-corrected chi connectivity index (χ1v) is 14.8. The summed E-state index contributed by atoms with van der Waals surface area (Å²) in [6.07, 6.45) is 4.97. The topological polar surface area (TPSA) is 83.9 Å². The Morgan fingerprint density at radius 1 is 0.909 bits per heavy atom. The Bertz CT molecular complexity index is 1750. The van der Waals surface area contributed by atoms with Crippen LogP contribution in [0.5, 0.6) is 5.75 Å². The maximum atomic E-state index is 13.8. The van der Waals surface area contributed by atoms with E-state index in [2.05, 4.69) is 0 Å². The number of carbonyl (C=O) groups is 3. The van der Waals surface area contributed by atoms with Gasteiger partial charge in [0.2, 0.25) is 0 Å². The molecule has 4 aromatic carbocycles. The summed E-state index contributed by atoms with van der Waals surface area (Å²) in [4.78, 5) is 39.4. The second-order valence-corrected chi connectivity index (χ2v) is 11.5. The van der Waals surface area contributed by atoms with Crippen molar-refractivity contribution in [3.63, 3.8) is 0 Å². The summed E-state index contributed by atoms with van der Waals surface area (Å²) in [7, 11) is 0. The molecular formula is C35H26FNO5S2. The van der Waals surface area contributed by atoms with E-state index in [0.717, 1.165) is 28.5 Å². The van der Waals surface area contributed by atoms with Crippen molar-refractivity contribution in [2.45, 2.75) is 19.1 Å². The van der Waals surface area contributed by atoms with Gasteiger partial charge in [-0.2, -0.15) is 0 Å². The molecule has 1 N–H and O–H groups in total. The van der Waals surface area contributed by atoms with E-state index in [1.54, 1.807) is 66.7 Å². The molecule has 0 aromatic heterocycles. The van der Waals surface area contributed by atoms with Crippen LogP contribution in [0.4, 0.5) is 4.39 Å². The summed E-state index contributed by atoms with van der Waals surface area (Å²) in [5, 5.41) is 9.85. The van der Waals surface area contributed by atoms with Gasteiger partial charge in [0.1, 0.15) is 28.5 Å². The van der Waals surface area contributed by atoms with Gasteiger partial charge in [-0.25, -0.2) is 9.18 Å². The fourth-order valence-electron chi connectivity index (χ4n) is 4.49. The van der Waals surface area contributed by atoms with Crippen LogP contribution in [0.25, 0.3) is 12.2 Å². The molecule has 0 saturated carbocycles. The number of carboxylic acids is 1. The van der Waals surface area contributed by atoms with Crippen LogP contribution in [-0.2, 0) is 22.6 Å². The molecule has 5 rings (SSSR count). The number of thioether (sulfide) groups is 1. The second kappa shape index (κ2) is 14.1. The average Bonchev–Trinajstić information content (AvgIpc) is 3.31. The summed E-state index contributed by atoms with van der Waals surface area (Å²) < 4.78 is 19.6. The van der Waals surface area contributed by atoms with Crippen molar-refractivity contribution in [1.29, 1.82) is 0 Å². The predicted molar refractivity (Wildman–Crippen MR) is 174 cm³/mol. The van der Waals surface area contributed by atoms with Crippen molar-refractivity contribution in [3.8, 4) is 5.75 Å². The number of carboxylic acid groups (broad SMARTS) is 1. The van der Waals surface area contributed by atoms with Crippen LogP contribution in [-0.4, -0.2) is 38.0 Å². The van der Waals surface area contributed by atoms with Gasteiger partial charge in [0, 0.05) is 17.5 Å². The molecule has 1 unspecified atom stereocenters. The molecule has 4 aromatic rings. The SMILES string of the molecule is O=C(/C=C/c1ccc(/C=C2\SC(=S)N(C(Cc3ccccc3)C(=O)O)C2=O)cc1)c1ccc(OCc2ccccc2F)cc1. The van der Waals surface area contributed by atoms with Gasteiger partial charge in [0.05, 0.1) is 4.91 Å². The van der Waals surface area contributed by atoms with E-state index >= 15 is 0 Å². The number of hydrogen-bond donors (Lipinski definition) is 1. The normalized spacial score (nSPS) is 14.8. The molecule has 1 aliphatic rings. The third-order valence-corrected chi connectivity index (χ3v) is 8.17. The standard InChI is InChI=1S/C35H26FNO5S2/c36-29-9-5-4-8-27(29)22-42-28-17-15-26(16-18-28)31(38)19-14-23-10-12-25(13-11-23)21-32-33(39)37(35(43)44-32)30(34(40)41)20-24-6-2-1-3-7-24/h1-19,21,30H,20,22H2,(H,40,41)/b19-14+,32-21-. The number of ether oxygens (including phenoxy) is 1. The third kappa shape index (κ3) is 7.55. The number of amides is 1. The van der Waals surface area contributed by atoms with Gasteiger partial charge in [-0.1, -0.05) is 103 Å². The first-order valence-electron chi connectivity index (χ1n) is 13.6. The predicted octanol–water partition coefficient (Wildman–Crippen LogP) is 7.20. The van der Waals surface area contributed by atoms with Crippen molar-refractivity contribution in [2.75, 3.05) is 0 Å². The number of ketones is 1. The summed E-state index contributed by atoms with van der Waals surface area (Å²) in [6.45, 7) is 0.0848. The van der Waals surface area contributed by atoms with Crippen molar-refractivity contribution < 1.29 is 28.6 Å². The minimum absolute atomic E-state index is 0.0848. The molecule has 0 radical (unpaired) electrons. The first kappa shape index (κ1) is 30.6. The number of nitrogens with zero attached hydrogens (tertiary/aromatic N) is 1. The Morgan fingerprint density at radius 3 is 2.25 bits per heavy atom. The van der Waals surface area contributed by atoms with E-state index in [1.807, 2.05) is 42.5 Å². The molecule has 0 spiro atoms. The highest BCUT2D eigenvalue weighted by Gasteiger charge is 2.40. The fraction of sp³-hybridized carbons (Fsp3) is 0.0857. The van der Waals surface area contributed by atoms with Crippen LogP contribution in [0.3, 0.4) is 0 Å². The number of thiocarbonyl (C=S) groups is 1. The van der Waals surface area contributed by atoms with Gasteiger partial charge in [-0.3, -0.25) is 14.5 Å². The van der Waals surface area contributed by atoms with Crippen LogP contribution in [0.15, 0.2) is 114 Å². The smallest absolute Gasteiger partial charge is 0.327 e. The number of hydrogen-bond acceptors (Lipinski definition) is 6. The van der Waals surface area contributed by atoms with Crippen molar-refractivity contribution in [3.05, 3.63) is 148 Å². The molecule has 1 atom stereocenters. The molecule has 1 saturated heterocycles. The quantitative estimate of drug-likeness (QED) is 0.108. The van der Waals surface area contributed by atoms with Gasteiger partial charge in [0.15, 0.2) is 5.78 Å². The molecule has 9 heteroatoms. The zero-order valence-corrected chi connectivity index (χ0v) is 24.9. The number of rotatable bonds is 11. The molecule has 1 amide bonds. The Hall–Kier alpha value is -4.86. The van der Waals surface area contributed by atoms with E-state index in [-0.39, 0.29) is 28.9 Å². The summed E-state index contributed by atoms with van der Waals surface area (Å²) >= 11 is 6.46. The number of aliphatic carboxylic acids is 1. The fourth-order valence-corrected chi connectivity index (χ4v) is 5.85. The molecule has 0 aliphatic carbocycles. The highest BCUT2D eigenvalue weighted by Crippen LogP contribution is 2.35. The zero-order valence-electron chi connectivity index (χ0n) is 23.3. The number of benzene rings is 4. The van der Waals surface area contributed by atoms with Crippen LogP contribution in [0.1, 0.15) is 32.6 Å². The van der Waals surface area contributed by atoms with Gasteiger partial charge >= 0.3 is 5.97 Å². The van der Waals surface area contributed by atoms with Gasteiger partial charge in [-0.05, 0) is 59.2 Å². The Balaban J connectivity index is 1.19. The summed E-state index contributed by atoms with van der Waals surface area (Å²) in [6, 6.07) is 28.3. The van der Waals surface area contributed by atoms with Crippen molar-refractivity contribution in [1.82, 2.24) is 4.90 Å². The van der Waals surface area contributed by atoms with Crippen LogP contribution < -0.4 is 4.74 Å².